The molecule has 0 radical (unpaired) electrons. The summed E-state index contributed by atoms with van der Waals surface area (Å²) < 4.78 is 15.2. The van der Waals surface area contributed by atoms with E-state index in [0.29, 0.717) is 17.7 Å². The summed E-state index contributed by atoms with van der Waals surface area (Å²) in [6.07, 6.45) is 6.34. The summed E-state index contributed by atoms with van der Waals surface area (Å²) in [7, 11) is 2.25. The van der Waals surface area contributed by atoms with Gasteiger partial charge in [-0.05, 0) is 74.4 Å². The summed E-state index contributed by atoms with van der Waals surface area (Å²) in [5, 5.41) is 0. The molecule has 0 spiro atoms. The molecular weight excluding hydrogens is 396 g/mol. The Morgan fingerprint density at radius 3 is 2.81 bits per heavy atom. The Hall–Kier alpha value is -2.12. The Labute approximate surface area is 184 Å². The SMILES string of the molecule is CC(C)C(N)C(=O)OCOC(=O)Oc1ccc2c(c1)[C@]13CCCC[C@@H]1C(C2)N(C)CC3. The van der Waals surface area contributed by atoms with E-state index in [1.54, 1.807) is 0 Å². The molecule has 1 aromatic carbocycles. The Morgan fingerprint density at radius 2 is 2.03 bits per heavy atom. The van der Waals surface area contributed by atoms with Crippen LogP contribution in [-0.4, -0.2) is 49.5 Å². The number of ether oxygens (including phenoxy) is 3. The van der Waals surface area contributed by atoms with E-state index in [-0.39, 0.29) is 11.3 Å². The summed E-state index contributed by atoms with van der Waals surface area (Å²) in [6.45, 7) is 4.24. The molecule has 2 fully saturated rings. The highest BCUT2D eigenvalue weighted by molar-refractivity contribution is 5.75. The van der Waals surface area contributed by atoms with Gasteiger partial charge in [0.15, 0.2) is 0 Å². The zero-order valence-electron chi connectivity index (χ0n) is 18.8. The van der Waals surface area contributed by atoms with Crippen molar-refractivity contribution < 1.29 is 23.8 Å². The molecule has 31 heavy (non-hydrogen) atoms. The first-order chi connectivity index (χ1) is 14.8. The third-order valence-corrected chi connectivity index (χ3v) is 7.66. The minimum absolute atomic E-state index is 0.0582. The van der Waals surface area contributed by atoms with Crippen molar-refractivity contribution in [3.8, 4) is 5.75 Å². The van der Waals surface area contributed by atoms with Crippen molar-refractivity contribution in [2.24, 2.45) is 17.6 Å². The predicted octanol–water partition coefficient (Wildman–Crippen LogP) is 3.37. The highest BCUT2D eigenvalue weighted by Gasteiger charge is 2.53. The van der Waals surface area contributed by atoms with E-state index in [1.165, 1.54) is 36.8 Å². The van der Waals surface area contributed by atoms with Gasteiger partial charge >= 0.3 is 12.1 Å². The molecule has 1 aliphatic heterocycles. The quantitative estimate of drug-likeness (QED) is 0.435. The molecule has 4 atom stereocenters. The van der Waals surface area contributed by atoms with Gasteiger partial charge < -0.3 is 24.8 Å². The number of piperidine rings is 1. The number of hydrogen-bond acceptors (Lipinski definition) is 7. The second kappa shape index (κ2) is 8.79. The lowest BCUT2D eigenvalue weighted by atomic mass is 9.52. The number of esters is 1. The maximum Gasteiger partial charge on any atom is 0.516 e. The van der Waals surface area contributed by atoms with E-state index >= 15 is 0 Å². The minimum atomic E-state index is -0.888. The fourth-order valence-electron chi connectivity index (χ4n) is 5.87. The molecule has 1 heterocycles. The molecule has 2 bridgehead atoms. The average molecular weight is 431 g/mol. The van der Waals surface area contributed by atoms with Gasteiger partial charge in [-0.15, -0.1) is 0 Å². The number of nitrogens with zero attached hydrogens (tertiary/aromatic N) is 1. The maximum atomic E-state index is 12.1. The van der Waals surface area contributed by atoms with E-state index < -0.39 is 25.0 Å². The Morgan fingerprint density at radius 1 is 1.23 bits per heavy atom. The van der Waals surface area contributed by atoms with Crippen LogP contribution in [-0.2, 0) is 26.1 Å². The maximum absolute atomic E-state index is 12.1. The second-order valence-corrected chi connectivity index (χ2v) is 9.68. The number of likely N-dealkylation sites (tertiary alicyclic amines) is 1. The van der Waals surface area contributed by atoms with Crippen LogP contribution in [0.3, 0.4) is 0 Å². The van der Waals surface area contributed by atoms with Gasteiger partial charge in [0.25, 0.3) is 0 Å². The Bertz CT molecular complexity index is 841. The molecule has 2 N–H and O–H groups in total. The van der Waals surface area contributed by atoms with Crippen LogP contribution in [0.25, 0.3) is 0 Å². The summed E-state index contributed by atoms with van der Waals surface area (Å²) >= 11 is 0. The highest BCUT2D eigenvalue weighted by atomic mass is 16.8. The van der Waals surface area contributed by atoms with Gasteiger partial charge in [-0.2, -0.15) is 0 Å². The number of likely N-dealkylation sites (N-methyl/N-ethyl adjacent to an activating group) is 1. The van der Waals surface area contributed by atoms with Crippen molar-refractivity contribution in [1.82, 2.24) is 4.90 Å². The topological polar surface area (TPSA) is 91.1 Å². The van der Waals surface area contributed by atoms with Gasteiger partial charge in [0.1, 0.15) is 11.8 Å². The normalized spacial score (nSPS) is 28.3. The second-order valence-electron chi connectivity index (χ2n) is 9.68. The number of carbonyl (C=O) groups excluding carboxylic acids is 2. The van der Waals surface area contributed by atoms with Crippen LogP contribution in [0.5, 0.6) is 5.75 Å². The van der Waals surface area contributed by atoms with Crippen molar-refractivity contribution in [2.45, 2.75) is 69.9 Å². The van der Waals surface area contributed by atoms with Gasteiger partial charge in [0.05, 0.1) is 0 Å². The molecule has 1 saturated heterocycles. The zero-order chi connectivity index (χ0) is 22.2. The molecule has 0 aromatic heterocycles. The number of hydrogen-bond donors (Lipinski definition) is 1. The molecule has 2 unspecified atom stereocenters. The van der Waals surface area contributed by atoms with E-state index in [0.717, 1.165) is 19.4 Å². The first kappa shape index (κ1) is 22.1. The van der Waals surface area contributed by atoms with Gasteiger partial charge in [0, 0.05) is 11.5 Å². The third-order valence-electron chi connectivity index (χ3n) is 7.66. The predicted molar refractivity (Wildman–Crippen MR) is 116 cm³/mol. The van der Waals surface area contributed by atoms with Crippen molar-refractivity contribution in [1.29, 1.82) is 0 Å². The van der Waals surface area contributed by atoms with Crippen LogP contribution < -0.4 is 10.5 Å². The molecule has 7 nitrogen and oxygen atoms in total. The molecule has 4 rings (SSSR count). The largest absolute Gasteiger partial charge is 0.516 e. The van der Waals surface area contributed by atoms with Crippen LogP contribution in [0.4, 0.5) is 4.79 Å². The molecule has 7 heteroatoms. The number of rotatable bonds is 5. The molecule has 1 aromatic rings. The Kier molecular flexibility index (Phi) is 6.26. The standard InChI is InChI=1S/C24H34N2O5/c1-15(2)21(25)22(27)29-14-30-23(28)31-17-8-7-16-12-20-18-6-4-5-9-24(18,19(16)13-17)10-11-26(20)3/h7-8,13,15,18,20-21H,4-6,9-12,14,25H2,1-3H3/t18-,20?,21?,24+/m1/s1. The fraction of sp³-hybridized carbons (Fsp3) is 0.667. The lowest BCUT2D eigenvalue weighted by Gasteiger charge is -2.58. The van der Waals surface area contributed by atoms with Crippen LogP contribution in [0, 0.1) is 11.8 Å². The smallest absolute Gasteiger partial charge is 0.427 e. The summed E-state index contributed by atoms with van der Waals surface area (Å²) in [6, 6.07) is 5.82. The lowest BCUT2D eigenvalue weighted by molar-refractivity contribution is -0.155. The van der Waals surface area contributed by atoms with Crippen LogP contribution in [0.2, 0.25) is 0 Å². The summed E-state index contributed by atoms with van der Waals surface area (Å²) in [5.41, 5.74) is 8.62. The molecule has 3 aliphatic rings. The van der Waals surface area contributed by atoms with Gasteiger partial charge in [-0.25, -0.2) is 4.79 Å². The molecule has 1 saturated carbocycles. The lowest BCUT2D eigenvalue weighted by Crippen LogP contribution is -2.59. The van der Waals surface area contributed by atoms with Crippen LogP contribution in [0.1, 0.15) is 57.1 Å². The minimum Gasteiger partial charge on any atom is -0.427 e. The van der Waals surface area contributed by atoms with E-state index in [9.17, 15) is 9.59 Å². The van der Waals surface area contributed by atoms with E-state index in [4.69, 9.17) is 19.9 Å². The molecule has 2 aliphatic carbocycles. The summed E-state index contributed by atoms with van der Waals surface area (Å²) in [4.78, 5) is 26.4. The average Bonchev–Trinajstić information content (AvgIpc) is 2.75. The fourth-order valence-corrected chi connectivity index (χ4v) is 5.87. The molecular formula is C24H34N2O5. The number of fused-ring (bicyclic) bond motifs is 1. The third kappa shape index (κ3) is 4.17. The number of benzene rings is 1. The van der Waals surface area contributed by atoms with Crippen LogP contribution in [0.15, 0.2) is 18.2 Å². The van der Waals surface area contributed by atoms with E-state index in [2.05, 4.69) is 18.0 Å². The van der Waals surface area contributed by atoms with Crippen LogP contribution >= 0.6 is 0 Å². The van der Waals surface area contributed by atoms with Gasteiger partial charge in [-0.1, -0.05) is 32.8 Å². The zero-order valence-corrected chi connectivity index (χ0v) is 18.8. The molecule has 170 valence electrons. The van der Waals surface area contributed by atoms with Crippen molar-refractivity contribution >= 4 is 12.1 Å². The first-order valence-corrected chi connectivity index (χ1v) is 11.4. The summed E-state index contributed by atoms with van der Waals surface area (Å²) in [5.74, 6) is 0.484. The number of nitrogens with two attached hydrogens (primary N) is 1. The first-order valence-electron chi connectivity index (χ1n) is 11.4. The Balaban J connectivity index is 1.43. The van der Waals surface area contributed by atoms with Gasteiger partial charge in [-0.3, -0.25) is 4.79 Å². The molecule has 0 amide bonds. The highest BCUT2D eigenvalue weighted by Crippen LogP contribution is 2.55. The van der Waals surface area contributed by atoms with Gasteiger partial charge in [0.2, 0.25) is 6.79 Å². The van der Waals surface area contributed by atoms with E-state index in [1.807, 2.05) is 26.0 Å². The van der Waals surface area contributed by atoms with Crippen molar-refractivity contribution in [2.75, 3.05) is 20.4 Å². The van der Waals surface area contributed by atoms with Crippen molar-refractivity contribution in [3.05, 3.63) is 29.3 Å². The number of carbonyl (C=O) groups is 2. The van der Waals surface area contributed by atoms with Crippen molar-refractivity contribution in [3.63, 3.8) is 0 Å². The monoisotopic (exact) mass is 430 g/mol.